The van der Waals surface area contributed by atoms with Crippen LogP contribution in [0.3, 0.4) is 0 Å². The Hall–Kier alpha value is -3.73. The minimum atomic E-state index is -4.53. The van der Waals surface area contributed by atoms with Crippen molar-refractivity contribution < 1.29 is 27.3 Å². The minimum Gasteiger partial charge on any atom is -0.343 e. The zero-order valence-corrected chi connectivity index (χ0v) is 19.1. The van der Waals surface area contributed by atoms with E-state index in [9.17, 15) is 22.8 Å². The summed E-state index contributed by atoms with van der Waals surface area (Å²) in [5.74, 6) is -1.39. The number of hydrogen-bond donors (Lipinski definition) is 2. The molecule has 0 aliphatic carbocycles. The van der Waals surface area contributed by atoms with Gasteiger partial charge in [0.05, 0.1) is 27.2 Å². The Morgan fingerprint density at radius 1 is 1.06 bits per heavy atom. The molecule has 0 aliphatic heterocycles. The van der Waals surface area contributed by atoms with Gasteiger partial charge in [0.1, 0.15) is 6.54 Å². The number of pyridine rings is 1. The summed E-state index contributed by atoms with van der Waals surface area (Å²) in [5.41, 5.74) is 2.42. The third kappa shape index (κ3) is 4.93. The second-order valence-electron chi connectivity index (χ2n) is 7.70. The van der Waals surface area contributed by atoms with Crippen LogP contribution in [0.25, 0.3) is 21.7 Å². The van der Waals surface area contributed by atoms with Crippen LogP contribution in [0.5, 0.6) is 0 Å². The second-order valence-corrected chi connectivity index (χ2v) is 8.98. The molecule has 0 saturated heterocycles. The molecule has 3 heterocycles. The number of halogens is 3. The molecule has 0 bridgehead atoms. The molecule has 0 atom stereocenters. The highest BCUT2D eigenvalue weighted by atomic mass is 32.1. The number of rotatable bonds is 5. The van der Waals surface area contributed by atoms with E-state index in [1.807, 2.05) is 24.4 Å². The number of nitrogens with one attached hydrogen (secondary N) is 2. The summed E-state index contributed by atoms with van der Waals surface area (Å²) in [4.78, 5) is 31.9. The van der Waals surface area contributed by atoms with Crippen molar-refractivity contribution in [3.05, 3.63) is 63.7 Å². The Kier molecular flexibility index (Phi) is 6.13. The maximum absolute atomic E-state index is 13.3. The SMILES string of the molecule is Cc1ccc(-c2cc(C(=O)Nc3cc(C(=O)NCC(F)(F)F)ccc3C)c3c(C)noc3n2)s1. The highest BCUT2D eigenvalue weighted by Crippen LogP contribution is 2.31. The summed E-state index contributed by atoms with van der Waals surface area (Å²) in [6, 6.07) is 9.75. The van der Waals surface area contributed by atoms with Crippen LogP contribution in [-0.4, -0.2) is 34.7 Å². The maximum atomic E-state index is 13.3. The fraction of sp³-hybridized carbons (Fsp3) is 0.217. The van der Waals surface area contributed by atoms with E-state index in [4.69, 9.17) is 4.52 Å². The predicted molar refractivity (Wildman–Crippen MR) is 122 cm³/mol. The lowest BCUT2D eigenvalue weighted by Gasteiger charge is -2.13. The number of nitrogens with zero attached hydrogens (tertiary/aromatic N) is 2. The van der Waals surface area contributed by atoms with Crippen molar-refractivity contribution in [2.75, 3.05) is 11.9 Å². The highest BCUT2D eigenvalue weighted by molar-refractivity contribution is 7.15. The summed E-state index contributed by atoms with van der Waals surface area (Å²) in [5, 5.41) is 8.95. The molecular formula is C23H19F3N4O3S. The maximum Gasteiger partial charge on any atom is 0.405 e. The Labute approximate surface area is 196 Å². The molecule has 4 rings (SSSR count). The molecule has 0 unspecified atom stereocenters. The minimum absolute atomic E-state index is 0.0130. The number of anilines is 1. The first-order valence-corrected chi connectivity index (χ1v) is 10.9. The molecule has 0 saturated carbocycles. The average molecular weight is 488 g/mol. The van der Waals surface area contributed by atoms with Crippen molar-refractivity contribution >= 4 is 39.9 Å². The first-order valence-electron chi connectivity index (χ1n) is 10.1. The monoisotopic (exact) mass is 488 g/mol. The largest absolute Gasteiger partial charge is 0.405 e. The summed E-state index contributed by atoms with van der Waals surface area (Å²) < 4.78 is 42.6. The molecule has 0 aliphatic rings. The van der Waals surface area contributed by atoms with Gasteiger partial charge in [0.2, 0.25) is 0 Å². The Morgan fingerprint density at radius 2 is 1.82 bits per heavy atom. The van der Waals surface area contributed by atoms with Crippen LogP contribution < -0.4 is 10.6 Å². The van der Waals surface area contributed by atoms with Gasteiger partial charge in [0.15, 0.2) is 0 Å². The quantitative estimate of drug-likeness (QED) is 0.391. The Bertz CT molecular complexity index is 1410. The van der Waals surface area contributed by atoms with Crippen molar-refractivity contribution in [2.24, 2.45) is 0 Å². The summed E-state index contributed by atoms with van der Waals surface area (Å²) in [6.07, 6.45) is -4.53. The molecule has 2 amide bonds. The van der Waals surface area contributed by atoms with Crippen molar-refractivity contribution in [1.82, 2.24) is 15.5 Å². The van der Waals surface area contributed by atoms with Gasteiger partial charge in [-0.25, -0.2) is 4.98 Å². The fourth-order valence-corrected chi connectivity index (χ4v) is 4.17. The normalized spacial score (nSPS) is 11.6. The van der Waals surface area contributed by atoms with Crippen molar-refractivity contribution in [3.8, 4) is 10.6 Å². The molecular weight excluding hydrogens is 469 g/mol. The van der Waals surface area contributed by atoms with E-state index >= 15 is 0 Å². The Morgan fingerprint density at radius 3 is 2.50 bits per heavy atom. The molecule has 176 valence electrons. The third-order valence-electron chi connectivity index (χ3n) is 5.05. The fourth-order valence-electron chi connectivity index (χ4n) is 3.34. The van der Waals surface area contributed by atoms with Crippen LogP contribution in [0.1, 0.15) is 36.9 Å². The number of thiophene rings is 1. The van der Waals surface area contributed by atoms with Crippen LogP contribution in [0.4, 0.5) is 18.9 Å². The first kappa shape index (κ1) is 23.4. The van der Waals surface area contributed by atoms with Gasteiger partial charge in [-0.3, -0.25) is 9.59 Å². The molecule has 34 heavy (non-hydrogen) atoms. The lowest BCUT2D eigenvalue weighted by Crippen LogP contribution is -2.33. The number of amides is 2. The lowest BCUT2D eigenvalue weighted by atomic mass is 10.1. The molecule has 11 heteroatoms. The van der Waals surface area contributed by atoms with E-state index < -0.39 is 24.5 Å². The van der Waals surface area contributed by atoms with Gasteiger partial charge in [-0.15, -0.1) is 11.3 Å². The summed E-state index contributed by atoms with van der Waals surface area (Å²) in [7, 11) is 0. The summed E-state index contributed by atoms with van der Waals surface area (Å²) >= 11 is 1.51. The number of carbonyl (C=O) groups excluding carboxylic acids is 2. The molecule has 0 radical (unpaired) electrons. The average Bonchev–Trinajstić information content (AvgIpc) is 3.38. The molecule has 4 aromatic rings. The highest BCUT2D eigenvalue weighted by Gasteiger charge is 2.28. The number of aryl methyl sites for hydroxylation is 3. The smallest absolute Gasteiger partial charge is 0.343 e. The van der Waals surface area contributed by atoms with Crippen LogP contribution >= 0.6 is 11.3 Å². The zero-order chi connectivity index (χ0) is 24.6. The van der Waals surface area contributed by atoms with Crippen LogP contribution in [-0.2, 0) is 0 Å². The van der Waals surface area contributed by atoms with E-state index in [-0.39, 0.29) is 22.5 Å². The van der Waals surface area contributed by atoms with Gasteiger partial charge < -0.3 is 15.2 Å². The number of benzene rings is 1. The van der Waals surface area contributed by atoms with Gasteiger partial charge in [0, 0.05) is 16.1 Å². The topological polar surface area (TPSA) is 97.1 Å². The lowest BCUT2D eigenvalue weighted by molar-refractivity contribution is -0.123. The van der Waals surface area contributed by atoms with Crippen molar-refractivity contribution in [3.63, 3.8) is 0 Å². The van der Waals surface area contributed by atoms with E-state index in [0.717, 1.165) is 9.75 Å². The van der Waals surface area contributed by atoms with Gasteiger partial charge in [-0.1, -0.05) is 11.2 Å². The van der Waals surface area contributed by atoms with E-state index in [2.05, 4.69) is 15.5 Å². The first-order chi connectivity index (χ1) is 16.0. The molecule has 2 N–H and O–H groups in total. The zero-order valence-electron chi connectivity index (χ0n) is 18.3. The van der Waals surface area contributed by atoms with Crippen molar-refractivity contribution in [1.29, 1.82) is 0 Å². The van der Waals surface area contributed by atoms with Gasteiger partial charge in [-0.05, 0) is 56.7 Å². The third-order valence-corrected chi connectivity index (χ3v) is 6.08. The molecule has 0 spiro atoms. The Balaban J connectivity index is 1.67. The molecule has 0 fully saturated rings. The standard InChI is InChI=1S/C23H19F3N4O3S/c1-11-4-6-14(20(31)27-10-23(24,25)26)8-16(11)28-21(32)15-9-17(18-7-5-12(2)34-18)29-22-19(15)13(3)30-33-22/h4-9H,10H2,1-3H3,(H,27,31)(H,28,32). The van der Waals surface area contributed by atoms with Gasteiger partial charge in [-0.2, -0.15) is 13.2 Å². The number of hydrogen-bond acceptors (Lipinski definition) is 6. The van der Waals surface area contributed by atoms with Gasteiger partial charge in [0.25, 0.3) is 17.5 Å². The van der Waals surface area contributed by atoms with Crippen LogP contribution in [0.15, 0.2) is 40.9 Å². The van der Waals surface area contributed by atoms with E-state index in [1.165, 1.54) is 23.5 Å². The van der Waals surface area contributed by atoms with E-state index in [1.54, 1.807) is 26.0 Å². The predicted octanol–water partition coefficient (Wildman–Crippen LogP) is 5.42. The van der Waals surface area contributed by atoms with Gasteiger partial charge >= 0.3 is 6.18 Å². The number of carbonyl (C=O) groups is 2. The molecule has 1 aromatic carbocycles. The number of aromatic nitrogens is 2. The summed E-state index contributed by atoms with van der Waals surface area (Å²) in [6.45, 7) is 3.91. The van der Waals surface area contributed by atoms with Crippen molar-refractivity contribution in [2.45, 2.75) is 26.9 Å². The number of alkyl halides is 3. The second kappa shape index (κ2) is 8.90. The van der Waals surface area contributed by atoms with Crippen LogP contribution in [0, 0.1) is 20.8 Å². The molecule has 7 nitrogen and oxygen atoms in total. The molecule has 3 aromatic heterocycles. The number of fused-ring (bicyclic) bond motifs is 1. The van der Waals surface area contributed by atoms with Crippen LogP contribution in [0.2, 0.25) is 0 Å². The van der Waals surface area contributed by atoms with E-state index in [0.29, 0.717) is 22.3 Å².